The predicted molar refractivity (Wildman–Crippen MR) is 72.6 cm³/mol. The molecule has 0 amide bonds. The van der Waals surface area contributed by atoms with E-state index in [-0.39, 0.29) is 5.12 Å². The highest BCUT2D eigenvalue weighted by Crippen LogP contribution is 2.21. The fourth-order valence-electron chi connectivity index (χ4n) is 1.71. The number of rotatable bonds is 5. The van der Waals surface area contributed by atoms with Crippen molar-refractivity contribution in [2.24, 2.45) is 0 Å². The van der Waals surface area contributed by atoms with Crippen LogP contribution in [-0.4, -0.2) is 42.1 Å². The van der Waals surface area contributed by atoms with Gasteiger partial charge in [-0.05, 0) is 12.5 Å². The van der Waals surface area contributed by atoms with E-state index in [0.717, 1.165) is 11.8 Å². The molecule has 7 heteroatoms. The molecule has 0 spiro atoms. The van der Waals surface area contributed by atoms with Crippen molar-refractivity contribution in [3.63, 3.8) is 0 Å². The van der Waals surface area contributed by atoms with Gasteiger partial charge in [-0.25, -0.2) is 9.97 Å². The predicted octanol–water partition coefficient (Wildman–Crippen LogP) is 1.02. The standard InChI is InChI=1S/C12H15N3O3S/c1-7(16)19-3-2-10(17)11(18)8-4-9-12(13-5-8)15-6-14-9/h4-6,10-11,17-18H,2-3H2,1H3,(H,13,14,15). The molecular formula is C12H15N3O3S. The smallest absolute Gasteiger partial charge is 0.185 e. The Morgan fingerprint density at radius 3 is 3.00 bits per heavy atom. The van der Waals surface area contributed by atoms with Crippen molar-refractivity contribution in [3.8, 4) is 0 Å². The Balaban J connectivity index is 2.01. The van der Waals surface area contributed by atoms with Crippen molar-refractivity contribution in [3.05, 3.63) is 24.2 Å². The topological polar surface area (TPSA) is 99.1 Å². The molecule has 2 unspecified atom stereocenters. The van der Waals surface area contributed by atoms with Gasteiger partial charge in [0.05, 0.1) is 17.9 Å². The molecule has 0 saturated carbocycles. The molecule has 3 N–H and O–H groups in total. The van der Waals surface area contributed by atoms with Crippen LogP contribution in [0.1, 0.15) is 25.0 Å². The number of aromatic amines is 1. The number of aliphatic hydroxyl groups is 2. The number of carbonyl (C=O) groups excluding carboxylic acids is 1. The van der Waals surface area contributed by atoms with Gasteiger partial charge in [0.25, 0.3) is 0 Å². The van der Waals surface area contributed by atoms with E-state index in [1.54, 1.807) is 6.07 Å². The number of nitrogens with zero attached hydrogens (tertiary/aromatic N) is 2. The summed E-state index contributed by atoms with van der Waals surface area (Å²) in [5.41, 5.74) is 1.80. The van der Waals surface area contributed by atoms with Crippen molar-refractivity contribution in [2.45, 2.75) is 25.6 Å². The van der Waals surface area contributed by atoms with E-state index < -0.39 is 12.2 Å². The minimum absolute atomic E-state index is 0.00207. The van der Waals surface area contributed by atoms with Crippen LogP contribution in [-0.2, 0) is 4.79 Å². The number of imidazole rings is 1. The Morgan fingerprint density at radius 2 is 2.26 bits per heavy atom. The number of fused-ring (bicyclic) bond motifs is 1. The van der Waals surface area contributed by atoms with Gasteiger partial charge in [0, 0.05) is 24.4 Å². The van der Waals surface area contributed by atoms with E-state index in [9.17, 15) is 15.0 Å². The Hall–Kier alpha value is -1.44. The lowest BCUT2D eigenvalue weighted by molar-refractivity contribution is -0.109. The fraction of sp³-hybridized carbons (Fsp3) is 0.417. The Labute approximate surface area is 114 Å². The average Bonchev–Trinajstić information content (AvgIpc) is 2.84. The van der Waals surface area contributed by atoms with E-state index in [2.05, 4.69) is 15.0 Å². The lowest BCUT2D eigenvalue weighted by atomic mass is 10.0. The van der Waals surface area contributed by atoms with Gasteiger partial charge in [-0.2, -0.15) is 0 Å². The van der Waals surface area contributed by atoms with Crippen molar-refractivity contribution in [1.82, 2.24) is 15.0 Å². The molecule has 2 aromatic rings. The Kier molecular flexibility index (Phi) is 4.52. The maximum atomic E-state index is 10.8. The quantitative estimate of drug-likeness (QED) is 0.757. The highest BCUT2D eigenvalue weighted by Gasteiger charge is 2.19. The van der Waals surface area contributed by atoms with E-state index in [0.29, 0.717) is 28.9 Å². The fourth-order valence-corrected chi connectivity index (χ4v) is 2.36. The molecule has 2 aromatic heterocycles. The number of thioether (sulfide) groups is 1. The minimum Gasteiger partial charge on any atom is -0.390 e. The zero-order valence-corrected chi connectivity index (χ0v) is 11.2. The number of H-pyrrole nitrogens is 1. The van der Waals surface area contributed by atoms with Crippen LogP contribution in [0, 0.1) is 0 Å². The van der Waals surface area contributed by atoms with Crippen LogP contribution in [0.25, 0.3) is 11.2 Å². The third-order valence-electron chi connectivity index (χ3n) is 2.72. The van der Waals surface area contributed by atoms with Gasteiger partial charge in [0.2, 0.25) is 0 Å². The van der Waals surface area contributed by atoms with Crippen molar-refractivity contribution >= 4 is 28.0 Å². The summed E-state index contributed by atoms with van der Waals surface area (Å²) in [5, 5.41) is 19.9. The van der Waals surface area contributed by atoms with Crippen LogP contribution in [0.3, 0.4) is 0 Å². The minimum atomic E-state index is -1.02. The van der Waals surface area contributed by atoms with Gasteiger partial charge >= 0.3 is 0 Å². The molecule has 2 heterocycles. The average molecular weight is 281 g/mol. The molecule has 0 radical (unpaired) electrons. The molecule has 6 nitrogen and oxygen atoms in total. The third-order valence-corrected chi connectivity index (χ3v) is 3.57. The Morgan fingerprint density at radius 1 is 1.47 bits per heavy atom. The lowest BCUT2D eigenvalue weighted by Gasteiger charge is -2.17. The molecule has 0 aromatic carbocycles. The molecule has 0 aliphatic carbocycles. The van der Waals surface area contributed by atoms with Crippen LogP contribution in [0.4, 0.5) is 0 Å². The molecule has 19 heavy (non-hydrogen) atoms. The summed E-state index contributed by atoms with van der Waals surface area (Å²) in [7, 11) is 0. The van der Waals surface area contributed by atoms with Gasteiger partial charge in [-0.1, -0.05) is 11.8 Å². The van der Waals surface area contributed by atoms with E-state index in [4.69, 9.17) is 0 Å². The van der Waals surface area contributed by atoms with Gasteiger partial charge in [0.1, 0.15) is 6.10 Å². The van der Waals surface area contributed by atoms with Crippen LogP contribution in [0.5, 0.6) is 0 Å². The summed E-state index contributed by atoms with van der Waals surface area (Å²) in [6.45, 7) is 1.48. The number of hydrogen-bond donors (Lipinski definition) is 3. The Bertz CT molecular complexity index is 572. The van der Waals surface area contributed by atoms with E-state index in [1.807, 2.05) is 0 Å². The molecule has 0 fully saturated rings. The number of carbonyl (C=O) groups is 1. The van der Waals surface area contributed by atoms with Crippen LogP contribution >= 0.6 is 11.8 Å². The maximum Gasteiger partial charge on any atom is 0.185 e. The second-order valence-electron chi connectivity index (χ2n) is 4.18. The van der Waals surface area contributed by atoms with Crippen molar-refractivity contribution < 1.29 is 15.0 Å². The SMILES string of the molecule is CC(=O)SCCC(O)C(O)c1cnc2nc[nH]c2c1. The number of aliphatic hydroxyl groups excluding tert-OH is 2. The molecule has 102 valence electrons. The van der Waals surface area contributed by atoms with Gasteiger partial charge in [0.15, 0.2) is 10.8 Å². The normalized spacial score (nSPS) is 14.5. The van der Waals surface area contributed by atoms with Crippen molar-refractivity contribution in [2.75, 3.05) is 5.75 Å². The summed E-state index contributed by atoms with van der Waals surface area (Å²) in [4.78, 5) is 21.7. The number of pyridine rings is 1. The van der Waals surface area contributed by atoms with Gasteiger partial charge < -0.3 is 15.2 Å². The molecule has 0 bridgehead atoms. The maximum absolute atomic E-state index is 10.8. The van der Waals surface area contributed by atoms with E-state index in [1.165, 1.54) is 19.4 Å². The lowest BCUT2D eigenvalue weighted by Crippen LogP contribution is -2.19. The zero-order valence-electron chi connectivity index (χ0n) is 10.4. The summed E-state index contributed by atoms with van der Waals surface area (Å²) < 4.78 is 0. The van der Waals surface area contributed by atoms with Crippen LogP contribution in [0.2, 0.25) is 0 Å². The largest absolute Gasteiger partial charge is 0.390 e. The molecule has 2 rings (SSSR count). The molecule has 0 aliphatic heterocycles. The first-order chi connectivity index (χ1) is 9.08. The summed E-state index contributed by atoms with van der Waals surface area (Å²) in [5.74, 6) is 0.479. The number of aromatic nitrogens is 3. The van der Waals surface area contributed by atoms with Gasteiger partial charge in [-0.15, -0.1) is 0 Å². The second kappa shape index (κ2) is 6.14. The highest BCUT2D eigenvalue weighted by molar-refractivity contribution is 8.13. The molecule has 0 aliphatic rings. The molecule has 2 atom stereocenters. The van der Waals surface area contributed by atoms with Crippen LogP contribution < -0.4 is 0 Å². The summed E-state index contributed by atoms with van der Waals surface area (Å²) in [6, 6.07) is 1.71. The first-order valence-corrected chi connectivity index (χ1v) is 6.85. The van der Waals surface area contributed by atoms with Crippen LogP contribution in [0.15, 0.2) is 18.6 Å². The monoisotopic (exact) mass is 281 g/mol. The summed E-state index contributed by atoms with van der Waals surface area (Å²) in [6.07, 6.45) is 1.41. The zero-order chi connectivity index (χ0) is 13.8. The molecule has 0 saturated heterocycles. The van der Waals surface area contributed by atoms with Gasteiger partial charge in [-0.3, -0.25) is 4.79 Å². The third kappa shape index (κ3) is 3.52. The first-order valence-electron chi connectivity index (χ1n) is 5.86. The highest BCUT2D eigenvalue weighted by atomic mass is 32.2. The first kappa shape index (κ1) is 14.0. The van der Waals surface area contributed by atoms with E-state index >= 15 is 0 Å². The van der Waals surface area contributed by atoms with Crippen molar-refractivity contribution in [1.29, 1.82) is 0 Å². The number of hydrogen-bond acceptors (Lipinski definition) is 6. The number of nitrogens with one attached hydrogen (secondary N) is 1. The molecular weight excluding hydrogens is 266 g/mol. The summed E-state index contributed by atoms with van der Waals surface area (Å²) >= 11 is 1.13. The second-order valence-corrected chi connectivity index (χ2v) is 5.46.